The molecule has 9 atom stereocenters. The van der Waals surface area contributed by atoms with Gasteiger partial charge in [-0.2, -0.15) is 0 Å². The smallest absolute Gasteiger partial charge is 0.310 e. The van der Waals surface area contributed by atoms with E-state index in [4.69, 9.17) is 0 Å². The highest BCUT2D eigenvalue weighted by Gasteiger charge is 2.73. The molecule has 0 aromatic carbocycles. The number of aliphatic hydroxyl groups excluding tert-OH is 2. The summed E-state index contributed by atoms with van der Waals surface area (Å²) in [6, 6.07) is 0. The van der Waals surface area contributed by atoms with Crippen molar-refractivity contribution in [2.24, 2.45) is 49.7 Å². The molecule has 0 aromatic heterocycles. The number of aliphatic carboxylic acids is 1. The van der Waals surface area contributed by atoms with Crippen LogP contribution in [0.4, 0.5) is 0 Å². The number of fused-ring (bicyclic) bond motifs is 7. The summed E-state index contributed by atoms with van der Waals surface area (Å²) >= 11 is 0. The zero-order valence-electron chi connectivity index (χ0n) is 23.5. The number of aliphatic hydroxyl groups is 2. The van der Waals surface area contributed by atoms with Crippen LogP contribution in [0.3, 0.4) is 0 Å². The number of allylic oxidation sites excluding steroid dienone is 2. The highest BCUT2D eigenvalue weighted by Crippen LogP contribution is 2.78. The molecule has 4 nitrogen and oxygen atoms in total. The summed E-state index contributed by atoms with van der Waals surface area (Å²) in [7, 11) is 0. The van der Waals surface area contributed by atoms with Gasteiger partial charge < -0.3 is 15.3 Å². The Labute approximate surface area is 213 Å². The van der Waals surface area contributed by atoms with Crippen molar-refractivity contribution in [3.05, 3.63) is 11.6 Å². The van der Waals surface area contributed by atoms with E-state index in [9.17, 15) is 20.1 Å². The summed E-state index contributed by atoms with van der Waals surface area (Å²) in [5.41, 5.74) is 0.495. The molecule has 4 heteroatoms. The van der Waals surface area contributed by atoms with Crippen molar-refractivity contribution in [1.82, 2.24) is 0 Å². The van der Waals surface area contributed by atoms with Gasteiger partial charge in [-0.25, -0.2) is 0 Å². The molecule has 0 aliphatic heterocycles. The van der Waals surface area contributed by atoms with E-state index in [-0.39, 0.29) is 38.4 Å². The molecule has 4 fully saturated rings. The molecule has 3 N–H and O–H groups in total. The predicted octanol–water partition coefficient (Wildman–Crippen LogP) is 6.59. The van der Waals surface area contributed by atoms with Crippen LogP contribution in [0.1, 0.15) is 113 Å². The molecule has 0 spiro atoms. The van der Waals surface area contributed by atoms with Crippen molar-refractivity contribution in [3.8, 4) is 0 Å². The van der Waals surface area contributed by atoms with Crippen LogP contribution in [-0.2, 0) is 4.79 Å². The fourth-order valence-corrected chi connectivity index (χ4v) is 10.9. The van der Waals surface area contributed by atoms with E-state index in [1.807, 2.05) is 0 Å². The summed E-state index contributed by atoms with van der Waals surface area (Å²) in [4.78, 5) is 12.8. The van der Waals surface area contributed by atoms with E-state index in [0.29, 0.717) is 12.3 Å². The van der Waals surface area contributed by atoms with Gasteiger partial charge in [-0.1, -0.05) is 67.0 Å². The Morgan fingerprint density at radius 1 is 0.829 bits per heavy atom. The van der Waals surface area contributed by atoms with Gasteiger partial charge in [0.15, 0.2) is 0 Å². The molecule has 0 amide bonds. The predicted molar refractivity (Wildman–Crippen MR) is 139 cm³/mol. The first-order valence-corrected chi connectivity index (χ1v) is 14.2. The minimum absolute atomic E-state index is 0.0253. The molecule has 0 aromatic rings. The largest absolute Gasteiger partial charge is 0.481 e. The zero-order valence-corrected chi connectivity index (χ0v) is 23.5. The number of carboxylic acids is 1. The topological polar surface area (TPSA) is 77.8 Å². The fourth-order valence-electron chi connectivity index (χ4n) is 10.9. The van der Waals surface area contributed by atoms with E-state index < -0.39 is 23.6 Å². The summed E-state index contributed by atoms with van der Waals surface area (Å²) in [6.45, 7) is 18.7. The van der Waals surface area contributed by atoms with Gasteiger partial charge in [-0.3, -0.25) is 4.79 Å². The van der Waals surface area contributed by atoms with Gasteiger partial charge >= 0.3 is 5.97 Å². The van der Waals surface area contributed by atoms with Crippen LogP contribution in [0.15, 0.2) is 11.6 Å². The normalized spacial score (nSPS) is 54.4. The minimum Gasteiger partial charge on any atom is -0.481 e. The lowest BCUT2D eigenvalue weighted by Crippen LogP contribution is -2.70. The maximum atomic E-state index is 12.8. The van der Waals surface area contributed by atoms with Gasteiger partial charge in [0.05, 0.1) is 17.6 Å². The first-order valence-electron chi connectivity index (χ1n) is 14.2. The molecule has 5 aliphatic carbocycles. The van der Waals surface area contributed by atoms with Crippen molar-refractivity contribution < 1.29 is 20.1 Å². The third-order valence-corrected chi connectivity index (χ3v) is 14.1. The highest BCUT2D eigenvalue weighted by molar-refractivity contribution is 5.76. The summed E-state index contributed by atoms with van der Waals surface area (Å²) < 4.78 is 0. The maximum absolute atomic E-state index is 12.8. The lowest BCUT2D eigenvalue weighted by molar-refractivity contribution is -0.274. The number of rotatable bonds is 1. The second-order valence-corrected chi connectivity index (χ2v) is 15.8. The summed E-state index contributed by atoms with van der Waals surface area (Å²) in [5.74, 6) is -0.0583. The molecular weight excluding hydrogens is 436 g/mol. The standard InChI is InChI=1S/C31H50O4/c1-25(2)11-15-31(24(34)35)16-13-27(5)19(20(31)17-25)9-10-22-28(27,6)12-14-30(8)26(3,4)23(33)21(32)18-29(22,30)7/h9,20-23,32-33H,10-18H2,1-8H3,(H,34,35)/t20-,21+,22-,23-,27+,28+,29+,30-,31-/m0/s1. The minimum atomic E-state index is -0.703. The zero-order chi connectivity index (χ0) is 26.0. The van der Waals surface area contributed by atoms with Gasteiger partial charge in [-0.15, -0.1) is 0 Å². The first kappa shape index (κ1) is 25.8. The molecule has 4 saturated carbocycles. The molecule has 0 bridgehead atoms. The molecule has 0 unspecified atom stereocenters. The lowest BCUT2D eigenvalue weighted by atomic mass is 9.30. The van der Waals surface area contributed by atoms with Crippen LogP contribution >= 0.6 is 0 Å². The van der Waals surface area contributed by atoms with E-state index in [1.165, 1.54) is 5.57 Å². The van der Waals surface area contributed by atoms with Crippen LogP contribution in [0.25, 0.3) is 0 Å². The Bertz CT molecular complexity index is 965. The Morgan fingerprint density at radius 2 is 1.46 bits per heavy atom. The molecule has 0 radical (unpaired) electrons. The van der Waals surface area contributed by atoms with E-state index in [1.54, 1.807) is 0 Å². The molecule has 198 valence electrons. The van der Waals surface area contributed by atoms with E-state index >= 15 is 0 Å². The Morgan fingerprint density at radius 3 is 2.09 bits per heavy atom. The fraction of sp³-hybridized carbons (Fsp3) is 0.903. The molecule has 35 heavy (non-hydrogen) atoms. The molecule has 0 heterocycles. The summed E-state index contributed by atoms with van der Waals surface area (Å²) in [5, 5.41) is 32.7. The van der Waals surface area contributed by atoms with Crippen molar-refractivity contribution >= 4 is 5.97 Å². The Kier molecular flexibility index (Phi) is 5.27. The lowest BCUT2D eigenvalue weighted by Gasteiger charge is -2.74. The van der Waals surface area contributed by atoms with Gasteiger partial charge in [0.1, 0.15) is 0 Å². The second kappa shape index (κ2) is 7.16. The second-order valence-electron chi connectivity index (χ2n) is 15.8. The van der Waals surface area contributed by atoms with Crippen LogP contribution in [0, 0.1) is 49.7 Å². The number of carboxylic acid groups (broad SMARTS) is 1. The molecule has 5 aliphatic rings. The Hall–Kier alpha value is -0.870. The van der Waals surface area contributed by atoms with Gasteiger partial charge in [0.25, 0.3) is 0 Å². The van der Waals surface area contributed by atoms with Crippen molar-refractivity contribution in [2.75, 3.05) is 0 Å². The monoisotopic (exact) mass is 486 g/mol. The quantitative estimate of drug-likeness (QED) is 0.365. The van der Waals surface area contributed by atoms with E-state index in [0.717, 1.165) is 51.4 Å². The van der Waals surface area contributed by atoms with Gasteiger partial charge in [-0.05, 0) is 102 Å². The number of carbonyl (C=O) groups is 1. The number of hydrogen-bond acceptors (Lipinski definition) is 3. The van der Waals surface area contributed by atoms with Crippen LogP contribution in [0.5, 0.6) is 0 Å². The average Bonchev–Trinajstić information content (AvgIpc) is 2.75. The van der Waals surface area contributed by atoms with Crippen LogP contribution in [0.2, 0.25) is 0 Å². The third kappa shape index (κ3) is 2.85. The molecule has 5 rings (SSSR count). The van der Waals surface area contributed by atoms with Crippen LogP contribution < -0.4 is 0 Å². The van der Waals surface area contributed by atoms with Crippen molar-refractivity contribution in [2.45, 2.75) is 125 Å². The highest BCUT2D eigenvalue weighted by atomic mass is 16.4. The van der Waals surface area contributed by atoms with Crippen molar-refractivity contribution in [3.63, 3.8) is 0 Å². The maximum Gasteiger partial charge on any atom is 0.310 e. The molecule has 0 saturated heterocycles. The Balaban J connectivity index is 1.64. The third-order valence-electron chi connectivity index (χ3n) is 14.1. The SMILES string of the molecule is CC1(C)CC[C@]2(C(=O)O)CC[C@]3(C)C(=CC[C@@H]4[C@@]5(C)C[C@@H](O)[C@H](O)C(C)(C)[C@]5(C)CC[C@]43C)[C@@H]2C1. The number of hydrogen-bond donors (Lipinski definition) is 3. The first-order chi connectivity index (χ1) is 15.9. The van der Waals surface area contributed by atoms with Gasteiger partial charge in [0.2, 0.25) is 0 Å². The summed E-state index contributed by atoms with van der Waals surface area (Å²) in [6.07, 6.45) is 9.28. The van der Waals surface area contributed by atoms with Gasteiger partial charge in [0, 0.05) is 0 Å². The average molecular weight is 487 g/mol. The van der Waals surface area contributed by atoms with Crippen molar-refractivity contribution in [1.29, 1.82) is 0 Å². The molecular formula is C31H50O4. The van der Waals surface area contributed by atoms with Crippen LogP contribution in [-0.4, -0.2) is 33.5 Å². The van der Waals surface area contributed by atoms with E-state index in [2.05, 4.69) is 61.5 Å².